The van der Waals surface area contributed by atoms with Crippen molar-refractivity contribution < 1.29 is 4.74 Å². The molecule has 0 aromatic carbocycles. The predicted molar refractivity (Wildman–Crippen MR) is 71.3 cm³/mol. The van der Waals surface area contributed by atoms with E-state index in [1.54, 1.807) is 7.11 Å². The minimum absolute atomic E-state index is 0.218. The van der Waals surface area contributed by atoms with Gasteiger partial charge in [0.15, 0.2) is 0 Å². The first-order chi connectivity index (χ1) is 7.56. The average Bonchev–Trinajstić information content (AvgIpc) is 2.77. The molecule has 0 fully saturated rings. The highest BCUT2D eigenvalue weighted by atomic mass is 32.1. The molecule has 0 saturated heterocycles. The van der Waals surface area contributed by atoms with Crippen molar-refractivity contribution in [2.45, 2.75) is 38.6 Å². The quantitative estimate of drug-likeness (QED) is 0.792. The topological polar surface area (TPSA) is 21.3 Å². The number of ether oxygens (including phenoxy) is 1. The highest BCUT2D eigenvalue weighted by Crippen LogP contribution is 2.26. The molecule has 92 valence electrons. The molecular formula is C13H23NOS. The second kappa shape index (κ2) is 6.38. The molecule has 1 atom stereocenters. The Morgan fingerprint density at radius 2 is 2.25 bits per heavy atom. The Labute approximate surface area is 103 Å². The zero-order chi connectivity index (χ0) is 12.0. The molecule has 1 heterocycles. The maximum absolute atomic E-state index is 5.08. The van der Waals surface area contributed by atoms with E-state index >= 15 is 0 Å². The molecule has 16 heavy (non-hydrogen) atoms. The van der Waals surface area contributed by atoms with Crippen LogP contribution < -0.4 is 5.32 Å². The van der Waals surface area contributed by atoms with E-state index in [0.29, 0.717) is 6.04 Å². The molecule has 0 amide bonds. The number of hydrogen-bond acceptors (Lipinski definition) is 3. The van der Waals surface area contributed by atoms with Gasteiger partial charge in [-0.2, -0.15) is 0 Å². The van der Waals surface area contributed by atoms with E-state index in [4.69, 9.17) is 4.74 Å². The molecule has 0 radical (unpaired) electrons. The summed E-state index contributed by atoms with van der Waals surface area (Å²) in [6.45, 7) is 8.62. The second-order valence-electron chi connectivity index (χ2n) is 4.92. The molecule has 0 saturated carbocycles. The Kier molecular flexibility index (Phi) is 5.46. The van der Waals surface area contributed by atoms with Crippen LogP contribution in [0.4, 0.5) is 0 Å². The van der Waals surface area contributed by atoms with E-state index in [2.05, 4.69) is 43.6 Å². The highest BCUT2D eigenvalue weighted by Gasteiger charge is 2.21. The van der Waals surface area contributed by atoms with E-state index in [9.17, 15) is 0 Å². The Balaban J connectivity index is 2.36. The maximum atomic E-state index is 5.08. The summed E-state index contributed by atoms with van der Waals surface area (Å²) >= 11 is 1.83. The van der Waals surface area contributed by atoms with Gasteiger partial charge in [-0.3, -0.25) is 0 Å². The van der Waals surface area contributed by atoms with Crippen LogP contribution in [-0.4, -0.2) is 26.3 Å². The van der Waals surface area contributed by atoms with Crippen molar-refractivity contribution in [1.29, 1.82) is 0 Å². The zero-order valence-electron chi connectivity index (χ0n) is 10.7. The average molecular weight is 241 g/mol. The fourth-order valence-corrected chi connectivity index (χ4v) is 2.43. The van der Waals surface area contributed by atoms with Crippen molar-refractivity contribution in [2.75, 3.05) is 20.3 Å². The lowest BCUT2D eigenvalue weighted by Crippen LogP contribution is -2.37. The number of thiophene rings is 1. The zero-order valence-corrected chi connectivity index (χ0v) is 11.6. The molecule has 0 aliphatic rings. The summed E-state index contributed by atoms with van der Waals surface area (Å²) in [5.74, 6) is 0. The molecule has 1 unspecified atom stereocenters. The Bertz CT molecular complexity index is 282. The summed E-state index contributed by atoms with van der Waals surface area (Å²) in [6.07, 6.45) is 1.07. The first kappa shape index (κ1) is 13.7. The lowest BCUT2D eigenvalue weighted by molar-refractivity contribution is 0.183. The normalized spacial score (nSPS) is 14.0. The van der Waals surface area contributed by atoms with Crippen molar-refractivity contribution in [3.8, 4) is 0 Å². The van der Waals surface area contributed by atoms with Gasteiger partial charge in [-0.05, 0) is 24.8 Å². The van der Waals surface area contributed by atoms with Crippen molar-refractivity contribution in [2.24, 2.45) is 0 Å². The van der Waals surface area contributed by atoms with Crippen LogP contribution in [0, 0.1) is 0 Å². The fourth-order valence-electron chi connectivity index (χ4n) is 1.58. The lowest BCUT2D eigenvalue weighted by Gasteiger charge is -2.26. The fraction of sp³-hybridized carbons (Fsp3) is 0.692. The first-order valence-corrected chi connectivity index (χ1v) is 6.70. The summed E-state index contributed by atoms with van der Waals surface area (Å²) in [6, 6.07) is 4.85. The summed E-state index contributed by atoms with van der Waals surface area (Å²) in [7, 11) is 1.75. The van der Waals surface area contributed by atoms with Gasteiger partial charge < -0.3 is 10.1 Å². The van der Waals surface area contributed by atoms with Crippen molar-refractivity contribution in [3.63, 3.8) is 0 Å². The lowest BCUT2D eigenvalue weighted by atomic mass is 9.91. The number of nitrogens with one attached hydrogen (secondary N) is 1. The van der Waals surface area contributed by atoms with Crippen LogP contribution in [0.25, 0.3) is 0 Å². The van der Waals surface area contributed by atoms with Gasteiger partial charge >= 0.3 is 0 Å². The van der Waals surface area contributed by atoms with Crippen LogP contribution in [-0.2, 0) is 10.2 Å². The Morgan fingerprint density at radius 3 is 2.81 bits per heavy atom. The van der Waals surface area contributed by atoms with E-state index in [1.807, 2.05) is 11.3 Å². The van der Waals surface area contributed by atoms with Crippen LogP contribution in [0.1, 0.15) is 32.1 Å². The largest absolute Gasteiger partial charge is 0.385 e. The molecule has 1 aromatic heterocycles. The summed E-state index contributed by atoms with van der Waals surface area (Å²) in [4.78, 5) is 1.44. The molecule has 3 heteroatoms. The molecule has 1 rings (SSSR count). The molecule has 1 N–H and O–H groups in total. The van der Waals surface area contributed by atoms with Crippen LogP contribution in [0.15, 0.2) is 17.5 Å². The molecule has 0 spiro atoms. The summed E-state index contributed by atoms with van der Waals surface area (Å²) in [5.41, 5.74) is 0.218. The van der Waals surface area contributed by atoms with Crippen LogP contribution in [0.5, 0.6) is 0 Å². The maximum Gasteiger partial charge on any atom is 0.0476 e. The van der Waals surface area contributed by atoms with Gasteiger partial charge in [-0.15, -0.1) is 11.3 Å². The van der Waals surface area contributed by atoms with Gasteiger partial charge in [0.05, 0.1) is 0 Å². The smallest absolute Gasteiger partial charge is 0.0476 e. The summed E-state index contributed by atoms with van der Waals surface area (Å²) in [5, 5.41) is 5.72. The highest BCUT2D eigenvalue weighted by molar-refractivity contribution is 7.10. The molecule has 0 bridgehead atoms. The third-order valence-corrected chi connectivity index (χ3v) is 4.07. The van der Waals surface area contributed by atoms with Crippen molar-refractivity contribution >= 4 is 11.3 Å². The predicted octanol–water partition coefficient (Wildman–Crippen LogP) is 3.04. The van der Waals surface area contributed by atoms with Crippen molar-refractivity contribution in [3.05, 3.63) is 22.4 Å². The number of hydrogen-bond donors (Lipinski definition) is 1. The van der Waals surface area contributed by atoms with E-state index in [-0.39, 0.29) is 5.41 Å². The molecular weight excluding hydrogens is 218 g/mol. The SMILES string of the molecule is COCCC(C)NCC(C)(C)c1cccs1. The van der Waals surface area contributed by atoms with E-state index in [0.717, 1.165) is 19.6 Å². The third-order valence-electron chi connectivity index (χ3n) is 2.84. The molecule has 0 aliphatic carbocycles. The first-order valence-electron chi connectivity index (χ1n) is 5.82. The van der Waals surface area contributed by atoms with Gasteiger partial charge in [0.2, 0.25) is 0 Å². The summed E-state index contributed by atoms with van der Waals surface area (Å²) < 4.78 is 5.08. The van der Waals surface area contributed by atoms with Gasteiger partial charge in [0, 0.05) is 36.6 Å². The van der Waals surface area contributed by atoms with E-state index < -0.39 is 0 Å². The third kappa shape index (κ3) is 4.24. The minimum Gasteiger partial charge on any atom is -0.385 e. The number of methoxy groups -OCH3 is 1. The van der Waals surface area contributed by atoms with Crippen LogP contribution in [0.3, 0.4) is 0 Å². The molecule has 1 aromatic rings. The van der Waals surface area contributed by atoms with Crippen LogP contribution >= 0.6 is 11.3 Å². The number of rotatable bonds is 7. The Hall–Kier alpha value is -0.380. The van der Waals surface area contributed by atoms with Gasteiger partial charge in [0.1, 0.15) is 0 Å². The second-order valence-corrected chi connectivity index (χ2v) is 5.87. The minimum atomic E-state index is 0.218. The molecule has 2 nitrogen and oxygen atoms in total. The van der Waals surface area contributed by atoms with E-state index in [1.165, 1.54) is 4.88 Å². The van der Waals surface area contributed by atoms with Crippen LogP contribution in [0.2, 0.25) is 0 Å². The van der Waals surface area contributed by atoms with Gasteiger partial charge in [-0.1, -0.05) is 19.9 Å². The van der Waals surface area contributed by atoms with Crippen molar-refractivity contribution in [1.82, 2.24) is 5.32 Å². The standard InChI is InChI=1S/C13H23NOS/c1-11(7-8-15-4)14-10-13(2,3)12-6-5-9-16-12/h5-6,9,11,14H,7-8,10H2,1-4H3. The van der Waals surface area contributed by atoms with Gasteiger partial charge in [-0.25, -0.2) is 0 Å². The molecule has 0 aliphatic heterocycles. The Morgan fingerprint density at radius 1 is 1.50 bits per heavy atom. The monoisotopic (exact) mass is 241 g/mol. The van der Waals surface area contributed by atoms with Gasteiger partial charge in [0.25, 0.3) is 0 Å².